The summed E-state index contributed by atoms with van der Waals surface area (Å²) in [6.07, 6.45) is 6.70. The van der Waals surface area contributed by atoms with Gasteiger partial charge in [0.05, 0.1) is 17.4 Å². The topological polar surface area (TPSA) is 62.7 Å². The van der Waals surface area contributed by atoms with Gasteiger partial charge in [0.15, 0.2) is 0 Å². The Balaban J connectivity index is 2.10. The lowest BCUT2D eigenvalue weighted by molar-refractivity contribution is 0.394. The number of hydrogen-bond acceptors (Lipinski definition) is 4. The maximum absolute atomic E-state index is 9.07. The zero-order chi connectivity index (χ0) is 12.3. The zero-order valence-electron chi connectivity index (χ0n) is 10.0. The molecular weight excluding hydrogens is 230 g/mol. The van der Waals surface area contributed by atoms with Crippen molar-refractivity contribution in [1.29, 1.82) is 5.26 Å². The van der Waals surface area contributed by atoms with Crippen LogP contribution in [0.3, 0.4) is 0 Å². The van der Waals surface area contributed by atoms with Crippen LogP contribution in [-0.4, -0.2) is 10.2 Å². The first-order chi connectivity index (χ1) is 8.19. The third kappa shape index (κ3) is 3.13. The van der Waals surface area contributed by atoms with Gasteiger partial charge in [-0.3, -0.25) is 0 Å². The molecule has 0 spiro atoms. The molecule has 1 aromatic heterocycles. The number of anilines is 1. The summed E-state index contributed by atoms with van der Waals surface area (Å²) in [6.45, 7) is 2.30. The number of hydrogen-bond donors (Lipinski definition) is 1. The Morgan fingerprint density at radius 3 is 3.06 bits per heavy atom. The van der Waals surface area contributed by atoms with Crippen LogP contribution >= 0.6 is 11.8 Å². The lowest BCUT2D eigenvalue weighted by atomic mass is 9.91. The van der Waals surface area contributed by atoms with E-state index in [-0.39, 0.29) is 0 Å². The van der Waals surface area contributed by atoms with Crippen LogP contribution in [0.15, 0.2) is 17.3 Å². The molecule has 1 aliphatic carbocycles. The maximum Gasteiger partial charge on any atom is 0.114 e. The van der Waals surface area contributed by atoms with Crippen LogP contribution in [0, 0.1) is 17.2 Å². The molecule has 0 saturated heterocycles. The SMILES string of the molecule is CC1CCCC(Sc2ncc(N)cc2C#N)C1. The maximum atomic E-state index is 9.07. The van der Waals surface area contributed by atoms with Crippen molar-refractivity contribution in [2.75, 3.05) is 5.73 Å². The molecule has 2 N–H and O–H groups in total. The van der Waals surface area contributed by atoms with E-state index < -0.39 is 0 Å². The van der Waals surface area contributed by atoms with Crippen LogP contribution in [0.5, 0.6) is 0 Å². The summed E-state index contributed by atoms with van der Waals surface area (Å²) in [5.41, 5.74) is 6.80. The average Bonchev–Trinajstić information content (AvgIpc) is 2.31. The summed E-state index contributed by atoms with van der Waals surface area (Å²) < 4.78 is 0. The minimum absolute atomic E-state index is 0.558. The number of aromatic nitrogens is 1. The summed E-state index contributed by atoms with van der Waals surface area (Å²) in [6, 6.07) is 3.88. The molecule has 0 amide bonds. The number of nitrogen functional groups attached to an aromatic ring is 1. The fourth-order valence-corrected chi connectivity index (χ4v) is 3.66. The molecule has 1 aromatic rings. The standard InChI is InChI=1S/C13H17N3S/c1-9-3-2-4-12(5-9)17-13-10(7-14)6-11(15)8-16-13/h6,8-9,12H,2-5,15H2,1H3. The Morgan fingerprint density at radius 2 is 2.35 bits per heavy atom. The van der Waals surface area contributed by atoms with E-state index >= 15 is 0 Å². The molecule has 1 heterocycles. The van der Waals surface area contributed by atoms with Gasteiger partial charge < -0.3 is 5.73 Å². The molecule has 17 heavy (non-hydrogen) atoms. The van der Waals surface area contributed by atoms with Crippen molar-refractivity contribution in [3.05, 3.63) is 17.8 Å². The number of rotatable bonds is 2. The molecule has 0 bridgehead atoms. The highest BCUT2D eigenvalue weighted by molar-refractivity contribution is 7.99. The number of nitrogens with two attached hydrogens (primary N) is 1. The van der Waals surface area contributed by atoms with Gasteiger partial charge in [0.2, 0.25) is 0 Å². The van der Waals surface area contributed by atoms with Gasteiger partial charge in [-0.1, -0.05) is 19.8 Å². The molecular formula is C13H17N3S. The minimum atomic E-state index is 0.558. The second-order valence-electron chi connectivity index (χ2n) is 4.74. The van der Waals surface area contributed by atoms with Gasteiger partial charge in [0, 0.05) is 5.25 Å². The van der Waals surface area contributed by atoms with Crippen molar-refractivity contribution >= 4 is 17.4 Å². The van der Waals surface area contributed by atoms with Crippen molar-refractivity contribution in [3.8, 4) is 6.07 Å². The predicted molar refractivity (Wildman–Crippen MR) is 70.6 cm³/mol. The summed E-state index contributed by atoms with van der Waals surface area (Å²) in [5.74, 6) is 0.792. The normalized spacial score (nSPS) is 24.2. The van der Waals surface area contributed by atoms with E-state index in [4.69, 9.17) is 11.0 Å². The van der Waals surface area contributed by atoms with Crippen molar-refractivity contribution in [2.45, 2.75) is 42.9 Å². The van der Waals surface area contributed by atoms with E-state index in [0.29, 0.717) is 16.5 Å². The fraction of sp³-hybridized carbons (Fsp3) is 0.538. The molecule has 1 fully saturated rings. The molecule has 0 aromatic carbocycles. The van der Waals surface area contributed by atoms with Gasteiger partial charge in [-0.25, -0.2) is 4.98 Å². The van der Waals surface area contributed by atoms with Crippen molar-refractivity contribution in [3.63, 3.8) is 0 Å². The average molecular weight is 247 g/mol. The quantitative estimate of drug-likeness (QED) is 0.871. The first kappa shape index (κ1) is 12.3. The van der Waals surface area contributed by atoms with Crippen molar-refractivity contribution < 1.29 is 0 Å². The van der Waals surface area contributed by atoms with Crippen molar-refractivity contribution in [1.82, 2.24) is 4.98 Å². The summed E-state index contributed by atoms with van der Waals surface area (Å²) >= 11 is 1.74. The Kier molecular flexibility index (Phi) is 3.90. The smallest absolute Gasteiger partial charge is 0.114 e. The highest BCUT2D eigenvalue weighted by Gasteiger charge is 2.21. The molecule has 0 radical (unpaired) electrons. The number of nitrogens with zero attached hydrogens (tertiary/aromatic N) is 2. The second-order valence-corrected chi connectivity index (χ2v) is 6.03. The van der Waals surface area contributed by atoms with Crippen LogP contribution in [0.1, 0.15) is 38.2 Å². The van der Waals surface area contributed by atoms with Gasteiger partial charge in [0.1, 0.15) is 11.1 Å². The lowest BCUT2D eigenvalue weighted by Crippen LogP contribution is -2.15. The zero-order valence-corrected chi connectivity index (χ0v) is 10.8. The first-order valence-electron chi connectivity index (χ1n) is 6.01. The van der Waals surface area contributed by atoms with Crippen LogP contribution in [0.25, 0.3) is 0 Å². The molecule has 90 valence electrons. The van der Waals surface area contributed by atoms with E-state index in [2.05, 4.69) is 18.0 Å². The molecule has 1 aliphatic rings. The molecule has 2 atom stereocenters. The van der Waals surface area contributed by atoms with E-state index in [0.717, 1.165) is 10.9 Å². The summed E-state index contributed by atoms with van der Waals surface area (Å²) in [5, 5.41) is 10.5. The Labute approximate surface area is 106 Å². The third-order valence-corrected chi connectivity index (χ3v) is 4.47. The Morgan fingerprint density at radius 1 is 1.53 bits per heavy atom. The molecule has 1 saturated carbocycles. The largest absolute Gasteiger partial charge is 0.397 e. The second kappa shape index (κ2) is 5.42. The van der Waals surface area contributed by atoms with Crippen molar-refractivity contribution in [2.24, 2.45) is 5.92 Å². The number of nitriles is 1. The van der Waals surface area contributed by atoms with E-state index in [9.17, 15) is 0 Å². The third-order valence-electron chi connectivity index (χ3n) is 3.16. The first-order valence-corrected chi connectivity index (χ1v) is 6.89. The summed E-state index contributed by atoms with van der Waals surface area (Å²) in [4.78, 5) is 4.28. The monoisotopic (exact) mass is 247 g/mol. The fourth-order valence-electron chi connectivity index (χ4n) is 2.29. The minimum Gasteiger partial charge on any atom is -0.397 e. The predicted octanol–water partition coefficient (Wildman–Crippen LogP) is 3.21. The van der Waals surface area contributed by atoms with E-state index in [1.165, 1.54) is 25.7 Å². The van der Waals surface area contributed by atoms with Gasteiger partial charge in [0.25, 0.3) is 0 Å². The number of thioether (sulfide) groups is 1. The molecule has 0 aliphatic heterocycles. The molecule has 3 nitrogen and oxygen atoms in total. The van der Waals surface area contributed by atoms with E-state index in [1.54, 1.807) is 24.0 Å². The van der Waals surface area contributed by atoms with Crippen LogP contribution in [-0.2, 0) is 0 Å². The van der Waals surface area contributed by atoms with Crippen LogP contribution in [0.2, 0.25) is 0 Å². The van der Waals surface area contributed by atoms with Gasteiger partial charge in [-0.2, -0.15) is 5.26 Å². The van der Waals surface area contributed by atoms with E-state index in [1.807, 2.05) is 0 Å². The molecule has 2 unspecified atom stereocenters. The van der Waals surface area contributed by atoms with Gasteiger partial charge in [-0.05, 0) is 24.8 Å². The molecule has 4 heteroatoms. The Hall–Kier alpha value is -1.21. The summed E-state index contributed by atoms with van der Waals surface area (Å²) in [7, 11) is 0. The van der Waals surface area contributed by atoms with Gasteiger partial charge >= 0.3 is 0 Å². The van der Waals surface area contributed by atoms with Crippen LogP contribution in [0.4, 0.5) is 5.69 Å². The molecule has 2 rings (SSSR count). The van der Waals surface area contributed by atoms with Gasteiger partial charge in [-0.15, -0.1) is 11.8 Å². The highest BCUT2D eigenvalue weighted by Crippen LogP contribution is 2.36. The van der Waals surface area contributed by atoms with Crippen LogP contribution < -0.4 is 5.73 Å². The number of pyridine rings is 1. The highest BCUT2D eigenvalue weighted by atomic mass is 32.2. The Bertz CT molecular complexity index is 439. The lowest BCUT2D eigenvalue weighted by Gasteiger charge is -2.25.